The minimum absolute atomic E-state index is 0.0589. The number of rotatable bonds is 14. The molecule has 0 spiro atoms. The lowest BCUT2D eigenvalue weighted by molar-refractivity contribution is -0.123. The maximum absolute atomic E-state index is 13.0. The van der Waals surface area contributed by atoms with Gasteiger partial charge in [0, 0.05) is 48.4 Å². The maximum Gasteiger partial charge on any atom is 0.258 e. The Morgan fingerprint density at radius 1 is 1.00 bits per heavy atom. The number of nitrogens with zero attached hydrogens (tertiary/aromatic N) is 1. The van der Waals surface area contributed by atoms with Crippen molar-refractivity contribution in [2.45, 2.75) is 45.7 Å². The number of aromatic amines is 1. The number of benzene rings is 3. The highest BCUT2D eigenvalue weighted by Crippen LogP contribution is 2.21. The van der Waals surface area contributed by atoms with Gasteiger partial charge in [-0.15, -0.1) is 0 Å². The molecule has 1 amide bonds. The summed E-state index contributed by atoms with van der Waals surface area (Å²) in [6.07, 6.45) is 4.26. The first-order valence-corrected chi connectivity index (χ1v) is 14.0. The fourth-order valence-corrected chi connectivity index (χ4v) is 4.75. The van der Waals surface area contributed by atoms with Gasteiger partial charge in [0.25, 0.3) is 5.91 Å². The predicted molar refractivity (Wildman–Crippen MR) is 162 cm³/mol. The van der Waals surface area contributed by atoms with Gasteiger partial charge in [0.05, 0.1) is 7.11 Å². The molecule has 1 unspecified atom stereocenters. The molecular weight excluding hydrogens is 502 g/mol. The van der Waals surface area contributed by atoms with E-state index in [0.29, 0.717) is 25.3 Å². The van der Waals surface area contributed by atoms with Gasteiger partial charge in [0.15, 0.2) is 6.61 Å². The van der Waals surface area contributed by atoms with E-state index in [0.717, 1.165) is 46.2 Å². The summed E-state index contributed by atoms with van der Waals surface area (Å²) in [6, 6.07) is 23.7. The molecule has 0 radical (unpaired) electrons. The van der Waals surface area contributed by atoms with Crippen molar-refractivity contribution in [3.8, 4) is 11.5 Å². The molecule has 0 saturated carbocycles. The molecule has 4 rings (SSSR count). The Bertz CT molecular complexity index is 1300. The number of fused-ring (bicyclic) bond motifs is 1. The summed E-state index contributed by atoms with van der Waals surface area (Å²) >= 11 is 0. The van der Waals surface area contributed by atoms with Crippen LogP contribution in [0.5, 0.6) is 11.5 Å². The van der Waals surface area contributed by atoms with E-state index in [-0.39, 0.29) is 25.2 Å². The van der Waals surface area contributed by atoms with Gasteiger partial charge in [-0.05, 0) is 61.7 Å². The van der Waals surface area contributed by atoms with Crippen molar-refractivity contribution in [1.29, 1.82) is 0 Å². The molecule has 3 aromatic carbocycles. The Morgan fingerprint density at radius 3 is 2.48 bits per heavy atom. The van der Waals surface area contributed by atoms with E-state index in [1.807, 2.05) is 74.6 Å². The van der Waals surface area contributed by atoms with Crippen LogP contribution in [-0.4, -0.2) is 60.9 Å². The third-order valence-corrected chi connectivity index (χ3v) is 6.59. The molecule has 0 aliphatic carbocycles. The second kappa shape index (κ2) is 16.3. The van der Waals surface area contributed by atoms with Crippen molar-refractivity contribution in [1.82, 2.24) is 15.2 Å². The van der Waals surface area contributed by atoms with Gasteiger partial charge in [-0.25, -0.2) is 0 Å². The number of methoxy groups -OCH3 is 1. The third kappa shape index (κ3) is 9.14. The van der Waals surface area contributed by atoms with Gasteiger partial charge in [0.2, 0.25) is 0 Å². The zero-order valence-corrected chi connectivity index (χ0v) is 24.2. The minimum Gasteiger partial charge on any atom is -0.496 e. The second-order valence-electron chi connectivity index (χ2n) is 9.60. The Hall–Kier alpha value is -3.81. The lowest BCUT2D eigenvalue weighted by Crippen LogP contribution is -2.45. The molecule has 1 atom stereocenters. The van der Waals surface area contributed by atoms with Crippen LogP contribution >= 0.6 is 0 Å². The predicted octanol–water partition coefficient (Wildman–Crippen LogP) is 5.37. The lowest BCUT2D eigenvalue weighted by atomic mass is 10.0. The monoisotopic (exact) mass is 545 g/mol. The highest BCUT2D eigenvalue weighted by atomic mass is 16.5. The fourth-order valence-electron chi connectivity index (χ4n) is 4.75. The van der Waals surface area contributed by atoms with Crippen LogP contribution in [0.3, 0.4) is 0 Å². The van der Waals surface area contributed by atoms with Crippen molar-refractivity contribution >= 4 is 16.8 Å². The number of amides is 1. The van der Waals surface area contributed by atoms with Crippen LogP contribution in [0.1, 0.15) is 37.0 Å². The number of likely N-dealkylation sites (N-methyl/N-ethyl adjacent to an activating group) is 1. The summed E-state index contributed by atoms with van der Waals surface area (Å²) in [5.41, 5.74) is 4.48. The molecule has 0 aliphatic heterocycles. The molecule has 1 aromatic heterocycles. The van der Waals surface area contributed by atoms with E-state index in [9.17, 15) is 4.79 Å². The number of aliphatic hydroxyl groups excluding tert-OH is 1. The molecule has 40 heavy (non-hydrogen) atoms. The van der Waals surface area contributed by atoms with Crippen molar-refractivity contribution in [2.75, 3.05) is 33.9 Å². The fraction of sp³-hybridized carbons (Fsp3) is 0.364. The summed E-state index contributed by atoms with van der Waals surface area (Å²) < 4.78 is 11.3. The minimum atomic E-state index is -0.162. The van der Waals surface area contributed by atoms with E-state index < -0.39 is 0 Å². The number of aromatic nitrogens is 1. The van der Waals surface area contributed by atoms with E-state index in [1.165, 1.54) is 0 Å². The smallest absolute Gasteiger partial charge is 0.258 e. The van der Waals surface area contributed by atoms with Gasteiger partial charge >= 0.3 is 0 Å². The van der Waals surface area contributed by atoms with Crippen molar-refractivity contribution in [3.05, 3.63) is 95.7 Å². The zero-order valence-electron chi connectivity index (χ0n) is 24.2. The molecule has 214 valence electrons. The molecule has 1 heterocycles. The number of carbonyl (C=O) groups excluding carboxylic acids is 1. The van der Waals surface area contributed by atoms with Crippen LogP contribution in [-0.2, 0) is 24.2 Å². The lowest BCUT2D eigenvalue weighted by Gasteiger charge is -2.26. The topological polar surface area (TPSA) is 86.8 Å². The highest BCUT2D eigenvalue weighted by Gasteiger charge is 2.19. The number of nitrogens with one attached hydrogen (secondary N) is 2. The molecule has 7 heteroatoms. The Balaban J connectivity index is 0.00000216. The summed E-state index contributed by atoms with van der Waals surface area (Å²) in [5.74, 6) is 1.34. The maximum atomic E-state index is 13.0. The SMILES string of the molecule is CC.COc1ccccc1CN(C)CC(Cc1c[nH]c2ccccc12)NC(=O)COc1ccc(CCCO)cc1. The number of para-hydroxylation sites is 2. The number of aryl methyl sites for hydroxylation is 1. The molecule has 0 bridgehead atoms. The average Bonchev–Trinajstić information content (AvgIpc) is 3.39. The zero-order chi connectivity index (χ0) is 28.7. The van der Waals surface area contributed by atoms with Gasteiger partial charge in [-0.1, -0.05) is 62.4 Å². The Labute approximate surface area is 238 Å². The van der Waals surface area contributed by atoms with Crippen LogP contribution in [0.2, 0.25) is 0 Å². The summed E-state index contributed by atoms with van der Waals surface area (Å²) in [5, 5.41) is 13.4. The molecule has 7 nitrogen and oxygen atoms in total. The van der Waals surface area contributed by atoms with Gasteiger partial charge in [0.1, 0.15) is 11.5 Å². The van der Waals surface area contributed by atoms with E-state index in [4.69, 9.17) is 14.6 Å². The first kappa shape index (κ1) is 30.7. The number of ether oxygens (including phenoxy) is 2. The summed E-state index contributed by atoms with van der Waals surface area (Å²) in [6.45, 7) is 5.47. The number of H-pyrrole nitrogens is 1. The van der Waals surface area contributed by atoms with Gasteiger partial charge < -0.3 is 24.9 Å². The van der Waals surface area contributed by atoms with Gasteiger partial charge in [-0.2, -0.15) is 0 Å². The molecule has 0 fully saturated rings. The van der Waals surface area contributed by atoms with Crippen LogP contribution in [0, 0.1) is 0 Å². The first-order valence-electron chi connectivity index (χ1n) is 14.0. The summed E-state index contributed by atoms with van der Waals surface area (Å²) in [7, 11) is 3.73. The third-order valence-electron chi connectivity index (χ3n) is 6.59. The van der Waals surface area contributed by atoms with Gasteiger partial charge in [-0.3, -0.25) is 9.69 Å². The van der Waals surface area contributed by atoms with Crippen LogP contribution in [0.4, 0.5) is 0 Å². The molecule has 0 saturated heterocycles. The van der Waals surface area contributed by atoms with E-state index >= 15 is 0 Å². The molecule has 3 N–H and O–H groups in total. The number of hydrogen-bond acceptors (Lipinski definition) is 5. The second-order valence-corrected chi connectivity index (χ2v) is 9.60. The van der Waals surface area contributed by atoms with E-state index in [2.05, 4.69) is 40.4 Å². The standard InChI is InChI=1S/C31H37N3O4.C2H6/c1-34(20-24-9-3-6-12-30(24)37-2)21-26(18-25-19-32-29-11-5-4-10-28(25)29)33-31(36)22-38-27-15-13-23(14-16-27)8-7-17-35;1-2/h3-6,9-16,19,26,32,35H,7-8,17-18,20-22H2,1-2H3,(H,33,36);1-2H3. The van der Waals surface area contributed by atoms with Crippen LogP contribution < -0.4 is 14.8 Å². The number of hydrogen-bond donors (Lipinski definition) is 3. The highest BCUT2D eigenvalue weighted by molar-refractivity contribution is 5.83. The normalized spacial score (nSPS) is 11.6. The molecular formula is C33H43N3O4. The van der Waals surface area contributed by atoms with Crippen LogP contribution in [0.15, 0.2) is 79.0 Å². The number of aliphatic hydroxyl groups is 1. The van der Waals surface area contributed by atoms with Crippen molar-refractivity contribution < 1.29 is 19.4 Å². The molecule has 4 aromatic rings. The molecule has 0 aliphatic rings. The van der Waals surface area contributed by atoms with E-state index in [1.54, 1.807) is 7.11 Å². The summed E-state index contributed by atoms with van der Waals surface area (Å²) in [4.78, 5) is 18.5. The van der Waals surface area contributed by atoms with Crippen molar-refractivity contribution in [2.24, 2.45) is 0 Å². The quantitative estimate of drug-likeness (QED) is 0.198. The largest absolute Gasteiger partial charge is 0.496 e. The van der Waals surface area contributed by atoms with Crippen molar-refractivity contribution in [3.63, 3.8) is 0 Å². The number of carbonyl (C=O) groups is 1. The first-order chi connectivity index (χ1) is 19.6. The Kier molecular flexibility index (Phi) is 12.5. The average molecular weight is 546 g/mol. The Morgan fingerprint density at radius 2 is 1.73 bits per heavy atom. The van der Waals surface area contributed by atoms with Crippen LogP contribution in [0.25, 0.3) is 10.9 Å².